The van der Waals surface area contributed by atoms with Crippen molar-refractivity contribution in [1.29, 1.82) is 0 Å². The van der Waals surface area contributed by atoms with E-state index < -0.39 is 11.6 Å². The SMILES string of the molecule is CC(=O)c1cnc2ccc(-c3cc(F)c(O)c(Cl)c3)cc2c1N[C@H]1CC[C@H](CN2CCCC2)CC1. The van der Waals surface area contributed by atoms with Crippen LogP contribution in [-0.4, -0.2) is 46.4 Å². The number of hydrogen-bond acceptors (Lipinski definition) is 5. The summed E-state index contributed by atoms with van der Waals surface area (Å²) in [4.78, 5) is 19.6. The summed E-state index contributed by atoms with van der Waals surface area (Å²) in [7, 11) is 0. The van der Waals surface area contributed by atoms with Gasteiger partial charge in [-0.25, -0.2) is 4.39 Å². The van der Waals surface area contributed by atoms with Crippen LogP contribution in [0.4, 0.5) is 10.1 Å². The van der Waals surface area contributed by atoms with Crippen LogP contribution in [0.25, 0.3) is 22.0 Å². The third kappa shape index (κ3) is 5.14. The molecule has 0 radical (unpaired) electrons. The number of carbonyl (C=O) groups is 1. The Morgan fingerprint density at radius 3 is 2.57 bits per heavy atom. The lowest BCUT2D eigenvalue weighted by Crippen LogP contribution is -2.33. The average molecular weight is 496 g/mol. The van der Waals surface area contributed by atoms with Crippen molar-refractivity contribution in [1.82, 2.24) is 9.88 Å². The number of nitrogens with zero attached hydrogens (tertiary/aromatic N) is 2. The molecule has 0 bridgehead atoms. The number of anilines is 1. The first-order valence-corrected chi connectivity index (χ1v) is 12.9. The van der Waals surface area contributed by atoms with E-state index in [1.807, 2.05) is 18.2 Å². The lowest BCUT2D eigenvalue weighted by atomic mass is 9.85. The molecule has 2 N–H and O–H groups in total. The highest BCUT2D eigenvalue weighted by Crippen LogP contribution is 2.37. The number of aromatic nitrogens is 1. The number of ketones is 1. The topological polar surface area (TPSA) is 65.5 Å². The molecule has 0 unspecified atom stereocenters. The molecule has 2 aromatic carbocycles. The van der Waals surface area contributed by atoms with Crippen LogP contribution in [0.2, 0.25) is 5.02 Å². The van der Waals surface area contributed by atoms with E-state index in [9.17, 15) is 14.3 Å². The Labute approximate surface area is 210 Å². The average Bonchev–Trinajstić information content (AvgIpc) is 3.36. The lowest BCUT2D eigenvalue weighted by Gasteiger charge is -2.32. The molecule has 35 heavy (non-hydrogen) atoms. The summed E-state index contributed by atoms with van der Waals surface area (Å²) in [6, 6.07) is 8.72. The van der Waals surface area contributed by atoms with Crippen molar-refractivity contribution in [3.8, 4) is 16.9 Å². The van der Waals surface area contributed by atoms with Gasteiger partial charge in [-0.2, -0.15) is 0 Å². The summed E-state index contributed by atoms with van der Waals surface area (Å²) in [5, 5.41) is 14.2. The quantitative estimate of drug-likeness (QED) is 0.374. The molecule has 2 heterocycles. The third-order valence-corrected chi connectivity index (χ3v) is 7.80. The highest BCUT2D eigenvalue weighted by atomic mass is 35.5. The van der Waals surface area contributed by atoms with E-state index in [0.29, 0.717) is 11.1 Å². The standard InChI is InChI=1S/C28H31ClFN3O2/c1-17(34)23-15-31-26-9-6-19(20-13-24(29)28(35)25(30)14-20)12-22(26)27(23)32-21-7-4-18(5-8-21)16-33-10-2-3-11-33/h6,9,12-15,18,21,35H,2-5,7-8,10-11,16H2,1H3,(H,31,32)/t18-,21-. The number of benzene rings is 2. The Morgan fingerprint density at radius 2 is 1.89 bits per heavy atom. The number of fused-ring (bicyclic) bond motifs is 1. The third-order valence-electron chi connectivity index (χ3n) is 7.51. The molecule has 1 aliphatic carbocycles. The van der Waals surface area contributed by atoms with Crippen molar-refractivity contribution in [3.05, 3.63) is 52.9 Å². The van der Waals surface area contributed by atoms with Crippen molar-refractivity contribution < 1.29 is 14.3 Å². The predicted octanol–water partition coefficient (Wildman–Crippen LogP) is 6.67. The van der Waals surface area contributed by atoms with Gasteiger partial charge in [0.05, 0.1) is 21.8 Å². The van der Waals surface area contributed by atoms with Gasteiger partial charge in [0, 0.05) is 24.2 Å². The van der Waals surface area contributed by atoms with Crippen molar-refractivity contribution >= 4 is 34.0 Å². The number of Topliss-reactive ketones (excluding diaryl/α,β-unsaturated/α-hetero) is 1. The molecule has 3 aromatic rings. The molecule has 0 amide bonds. The highest BCUT2D eigenvalue weighted by Gasteiger charge is 2.25. The van der Waals surface area contributed by atoms with Gasteiger partial charge in [0.15, 0.2) is 17.3 Å². The second kappa shape index (κ2) is 10.1. The van der Waals surface area contributed by atoms with Crippen LogP contribution in [0.1, 0.15) is 55.8 Å². The first-order chi connectivity index (χ1) is 16.9. The number of phenolic OH excluding ortho intramolecular Hbond substituents is 1. The molecule has 1 saturated carbocycles. The summed E-state index contributed by atoms with van der Waals surface area (Å²) in [6.45, 7) is 5.24. The van der Waals surface area contributed by atoms with Gasteiger partial charge in [0.1, 0.15) is 0 Å². The number of phenols is 1. The fourth-order valence-electron chi connectivity index (χ4n) is 5.55. The van der Waals surface area contributed by atoms with Gasteiger partial charge >= 0.3 is 0 Å². The number of halogens is 2. The monoisotopic (exact) mass is 495 g/mol. The normalized spacial score (nSPS) is 20.9. The van der Waals surface area contributed by atoms with E-state index in [2.05, 4.69) is 15.2 Å². The summed E-state index contributed by atoms with van der Waals surface area (Å²) in [5.74, 6) is -0.631. The zero-order chi connectivity index (χ0) is 24.5. The second-order valence-electron chi connectivity index (χ2n) is 9.99. The molecular weight excluding hydrogens is 465 g/mol. The Hall–Kier alpha value is -2.70. The maximum atomic E-state index is 14.2. The molecular formula is C28H31ClFN3O2. The van der Waals surface area contributed by atoms with E-state index >= 15 is 0 Å². The Morgan fingerprint density at radius 1 is 1.14 bits per heavy atom. The van der Waals surface area contributed by atoms with E-state index in [-0.39, 0.29) is 16.8 Å². The molecule has 1 aliphatic heterocycles. The Kier molecular flexibility index (Phi) is 6.94. The van der Waals surface area contributed by atoms with E-state index in [4.69, 9.17) is 11.6 Å². The van der Waals surface area contributed by atoms with Crippen molar-refractivity contribution in [2.45, 2.75) is 51.5 Å². The fraction of sp³-hybridized carbons (Fsp3) is 0.429. The second-order valence-corrected chi connectivity index (χ2v) is 10.4. The van der Waals surface area contributed by atoms with Crippen LogP contribution in [-0.2, 0) is 0 Å². The summed E-state index contributed by atoms with van der Waals surface area (Å²) >= 11 is 6.02. The van der Waals surface area contributed by atoms with Gasteiger partial charge in [-0.05, 0) is 99.8 Å². The predicted molar refractivity (Wildman–Crippen MR) is 139 cm³/mol. The number of likely N-dealkylation sites (tertiary alicyclic amines) is 1. The minimum Gasteiger partial charge on any atom is -0.504 e. The Balaban J connectivity index is 1.43. The van der Waals surface area contributed by atoms with Crippen LogP contribution in [0.15, 0.2) is 36.5 Å². The molecule has 1 saturated heterocycles. The number of nitrogens with one attached hydrogen (secondary N) is 1. The molecule has 0 spiro atoms. The van der Waals surface area contributed by atoms with E-state index in [1.54, 1.807) is 13.1 Å². The maximum absolute atomic E-state index is 14.2. The lowest BCUT2D eigenvalue weighted by molar-refractivity contribution is 0.101. The van der Waals surface area contributed by atoms with E-state index in [1.165, 1.54) is 57.5 Å². The number of pyridine rings is 1. The van der Waals surface area contributed by atoms with E-state index in [0.717, 1.165) is 40.9 Å². The minimum absolute atomic E-state index is 0.0419. The molecule has 184 valence electrons. The molecule has 7 heteroatoms. The fourth-order valence-corrected chi connectivity index (χ4v) is 5.76. The summed E-state index contributed by atoms with van der Waals surface area (Å²) in [5.41, 5.74) is 3.39. The summed E-state index contributed by atoms with van der Waals surface area (Å²) < 4.78 is 14.2. The minimum atomic E-state index is -0.771. The molecule has 5 rings (SSSR count). The van der Waals surface area contributed by atoms with Crippen LogP contribution in [0.3, 0.4) is 0 Å². The summed E-state index contributed by atoms with van der Waals surface area (Å²) in [6.07, 6.45) is 8.79. The van der Waals surface area contributed by atoms with Gasteiger partial charge in [0.2, 0.25) is 0 Å². The van der Waals surface area contributed by atoms with Crippen LogP contribution < -0.4 is 5.32 Å². The first kappa shape index (κ1) is 24.0. The van der Waals surface area contributed by atoms with Gasteiger partial charge in [-0.1, -0.05) is 17.7 Å². The molecule has 1 aromatic heterocycles. The highest BCUT2D eigenvalue weighted by molar-refractivity contribution is 6.32. The van der Waals surface area contributed by atoms with Crippen LogP contribution in [0, 0.1) is 11.7 Å². The largest absolute Gasteiger partial charge is 0.504 e. The Bertz CT molecular complexity index is 1230. The van der Waals surface area contributed by atoms with Gasteiger partial charge < -0.3 is 15.3 Å². The van der Waals surface area contributed by atoms with Crippen LogP contribution in [0.5, 0.6) is 5.75 Å². The molecule has 2 fully saturated rings. The zero-order valence-electron chi connectivity index (χ0n) is 20.0. The molecule has 2 aliphatic rings. The molecule has 5 nitrogen and oxygen atoms in total. The van der Waals surface area contributed by atoms with Crippen molar-refractivity contribution in [2.24, 2.45) is 5.92 Å². The van der Waals surface area contributed by atoms with Crippen molar-refractivity contribution in [2.75, 3.05) is 25.0 Å². The van der Waals surface area contributed by atoms with Crippen molar-refractivity contribution in [3.63, 3.8) is 0 Å². The smallest absolute Gasteiger partial charge is 0.170 e. The molecule has 0 atom stereocenters. The maximum Gasteiger partial charge on any atom is 0.170 e. The number of hydrogen-bond donors (Lipinski definition) is 2. The number of aromatic hydroxyl groups is 1. The van der Waals surface area contributed by atoms with Gasteiger partial charge in [-0.3, -0.25) is 9.78 Å². The number of rotatable bonds is 6. The van der Waals surface area contributed by atoms with Gasteiger partial charge in [0.25, 0.3) is 0 Å². The number of carbonyl (C=O) groups excluding carboxylic acids is 1. The van der Waals surface area contributed by atoms with Crippen LogP contribution >= 0.6 is 11.6 Å². The zero-order valence-corrected chi connectivity index (χ0v) is 20.7. The first-order valence-electron chi connectivity index (χ1n) is 12.5. The van der Waals surface area contributed by atoms with Gasteiger partial charge in [-0.15, -0.1) is 0 Å².